The fourth-order valence-electron chi connectivity index (χ4n) is 4.34. The lowest BCUT2D eigenvalue weighted by Gasteiger charge is -2.37. The van der Waals surface area contributed by atoms with Crippen molar-refractivity contribution in [3.05, 3.63) is 57.8 Å². The monoisotopic (exact) mass is 382 g/mol. The van der Waals surface area contributed by atoms with Crippen LogP contribution in [0.3, 0.4) is 0 Å². The van der Waals surface area contributed by atoms with Gasteiger partial charge >= 0.3 is 0 Å². The van der Waals surface area contributed by atoms with E-state index in [1.165, 1.54) is 10.4 Å². The molecule has 1 aromatic heterocycles. The van der Waals surface area contributed by atoms with Crippen molar-refractivity contribution in [3.63, 3.8) is 0 Å². The third-order valence-electron chi connectivity index (χ3n) is 5.51. The molecule has 142 valence electrons. The molecular formula is C22H26N2O2S. The third kappa shape index (κ3) is 3.53. The summed E-state index contributed by atoms with van der Waals surface area (Å²) in [6, 6.07) is 12.4. The van der Waals surface area contributed by atoms with Gasteiger partial charge in [0.25, 0.3) is 0 Å². The quantitative estimate of drug-likeness (QED) is 0.808. The van der Waals surface area contributed by atoms with Gasteiger partial charge in [0.1, 0.15) is 0 Å². The Morgan fingerprint density at radius 2 is 2.00 bits per heavy atom. The minimum absolute atomic E-state index is 0.0389. The van der Waals surface area contributed by atoms with E-state index < -0.39 is 0 Å². The molecule has 2 aromatic rings. The lowest BCUT2D eigenvalue weighted by Crippen LogP contribution is -2.44. The number of rotatable bonds is 4. The zero-order valence-corrected chi connectivity index (χ0v) is 16.7. The number of carbonyl (C=O) groups is 2. The molecule has 27 heavy (non-hydrogen) atoms. The molecule has 2 amide bonds. The molecule has 0 bridgehead atoms. The summed E-state index contributed by atoms with van der Waals surface area (Å²) in [4.78, 5) is 31.1. The summed E-state index contributed by atoms with van der Waals surface area (Å²) in [6.45, 7) is 6.23. The summed E-state index contributed by atoms with van der Waals surface area (Å²) in [5.74, 6) is 0.442. The number of thiophene rings is 1. The third-order valence-corrected chi connectivity index (χ3v) is 6.51. The second-order valence-corrected chi connectivity index (χ2v) is 8.99. The lowest BCUT2D eigenvalue weighted by molar-refractivity contribution is -0.137. The predicted molar refractivity (Wildman–Crippen MR) is 108 cm³/mol. The fourth-order valence-corrected chi connectivity index (χ4v) is 5.24. The van der Waals surface area contributed by atoms with E-state index in [0.717, 1.165) is 25.1 Å². The van der Waals surface area contributed by atoms with Gasteiger partial charge in [0.05, 0.1) is 12.0 Å². The van der Waals surface area contributed by atoms with Crippen LogP contribution < -0.4 is 0 Å². The topological polar surface area (TPSA) is 40.6 Å². The van der Waals surface area contributed by atoms with Crippen LogP contribution in [-0.4, -0.2) is 41.2 Å². The minimum Gasteiger partial charge on any atom is -0.342 e. The van der Waals surface area contributed by atoms with Gasteiger partial charge < -0.3 is 9.80 Å². The van der Waals surface area contributed by atoms with Gasteiger partial charge in [-0.25, -0.2) is 0 Å². The molecule has 5 heteroatoms. The molecule has 0 spiro atoms. The summed E-state index contributed by atoms with van der Waals surface area (Å²) >= 11 is 1.78. The fraction of sp³-hybridized carbons (Fsp3) is 0.455. The average molecular weight is 383 g/mol. The van der Waals surface area contributed by atoms with Gasteiger partial charge in [-0.15, -0.1) is 11.3 Å². The predicted octanol–water partition coefficient (Wildman–Crippen LogP) is 3.73. The van der Waals surface area contributed by atoms with Crippen LogP contribution in [0, 0.1) is 11.8 Å². The molecule has 0 saturated carbocycles. The van der Waals surface area contributed by atoms with Gasteiger partial charge in [-0.1, -0.05) is 44.2 Å². The highest BCUT2D eigenvalue weighted by atomic mass is 32.1. The molecular weight excluding hydrogens is 356 g/mol. The van der Waals surface area contributed by atoms with E-state index in [-0.39, 0.29) is 23.8 Å². The van der Waals surface area contributed by atoms with E-state index in [4.69, 9.17) is 0 Å². The summed E-state index contributed by atoms with van der Waals surface area (Å²) in [6.07, 6.45) is 1.25. The standard InChI is InChI=1S/C22H26N2O2S/c1-15(2)13-23-14-17(12-20(23)25)22(26)24-10-8-19-18(9-11-27-19)21(24)16-6-4-3-5-7-16/h3-7,9,11,15,17,21H,8,10,12-14H2,1-2H3/t17-,21+/m0/s1. The molecule has 0 N–H and O–H groups in total. The number of hydrogen-bond donors (Lipinski definition) is 0. The van der Waals surface area contributed by atoms with Crippen molar-refractivity contribution in [3.8, 4) is 0 Å². The molecule has 0 unspecified atom stereocenters. The van der Waals surface area contributed by atoms with Crippen molar-refractivity contribution in [2.45, 2.75) is 32.7 Å². The average Bonchev–Trinajstić information content (AvgIpc) is 3.27. The highest BCUT2D eigenvalue weighted by Crippen LogP contribution is 2.39. The highest BCUT2D eigenvalue weighted by molar-refractivity contribution is 7.10. The van der Waals surface area contributed by atoms with E-state index in [0.29, 0.717) is 18.9 Å². The Kier molecular flexibility index (Phi) is 5.04. The maximum atomic E-state index is 13.4. The van der Waals surface area contributed by atoms with Crippen LogP contribution in [0.2, 0.25) is 0 Å². The van der Waals surface area contributed by atoms with Crippen LogP contribution in [-0.2, 0) is 16.0 Å². The molecule has 1 fully saturated rings. The van der Waals surface area contributed by atoms with E-state index in [9.17, 15) is 9.59 Å². The van der Waals surface area contributed by atoms with Crippen LogP contribution in [0.5, 0.6) is 0 Å². The first-order valence-corrected chi connectivity index (χ1v) is 10.6. The van der Waals surface area contributed by atoms with Crippen LogP contribution in [0.25, 0.3) is 0 Å². The van der Waals surface area contributed by atoms with Crippen LogP contribution >= 0.6 is 11.3 Å². The molecule has 4 nitrogen and oxygen atoms in total. The molecule has 1 aromatic carbocycles. The maximum Gasteiger partial charge on any atom is 0.228 e. The Morgan fingerprint density at radius 3 is 2.74 bits per heavy atom. The smallest absolute Gasteiger partial charge is 0.228 e. The molecule has 3 heterocycles. The summed E-state index contributed by atoms with van der Waals surface area (Å²) in [5, 5.41) is 2.12. The van der Waals surface area contributed by atoms with E-state index in [1.807, 2.05) is 28.0 Å². The van der Waals surface area contributed by atoms with Gasteiger partial charge in [-0.2, -0.15) is 0 Å². The number of fused-ring (bicyclic) bond motifs is 1. The van der Waals surface area contributed by atoms with Gasteiger partial charge in [0.2, 0.25) is 11.8 Å². The number of carbonyl (C=O) groups excluding carboxylic acids is 2. The number of amides is 2. The zero-order chi connectivity index (χ0) is 19.0. The van der Waals surface area contributed by atoms with Gasteiger partial charge in [0.15, 0.2) is 0 Å². The number of nitrogens with zero attached hydrogens (tertiary/aromatic N) is 2. The molecule has 2 atom stereocenters. The first kappa shape index (κ1) is 18.2. The Morgan fingerprint density at radius 1 is 1.22 bits per heavy atom. The van der Waals surface area contributed by atoms with Crippen molar-refractivity contribution < 1.29 is 9.59 Å². The first-order valence-electron chi connectivity index (χ1n) is 9.74. The van der Waals surface area contributed by atoms with Crippen molar-refractivity contribution in [2.75, 3.05) is 19.6 Å². The Bertz CT molecular complexity index is 830. The van der Waals surface area contributed by atoms with Crippen molar-refractivity contribution in [2.24, 2.45) is 11.8 Å². The Hall–Kier alpha value is -2.14. The Labute approximate surface area is 164 Å². The normalized spacial score (nSPS) is 22.4. The zero-order valence-electron chi connectivity index (χ0n) is 15.9. The highest BCUT2D eigenvalue weighted by Gasteiger charge is 2.40. The largest absolute Gasteiger partial charge is 0.342 e. The second kappa shape index (κ2) is 7.47. The van der Waals surface area contributed by atoms with Crippen molar-refractivity contribution in [1.29, 1.82) is 0 Å². The molecule has 2 aliphatic rings. The van der Waals surface area contributed by atoms with E-state index >= 15 is 0 Å². The molecule has 1 saturated heterocycles. The first-order chi connectivity index (χ1) is 13.0. The van der Waals surface area contributed by atoms with Gasteiger partial charge in [-0.3, -0.25) is 9.59 Å². The molecule has 4 rings (SSSR count). The molecule has 0 aliphatic carbocycles. The minimum atomic E-state index is -0.220. The van der Waals surface area contributed by atoms with Crippen LogP contribution in [0.4, 0.5) is 0 Å². The molecule has 0 radical (unpaired) electrons. The number of benzene rings is 1. The molecule has 2 aliphatic heterocycles. The van der Waals surface area contributed by atoms with E-state index in [2.05, 4.69) is 37.4 Å². The van der Waals surface area contributed by atoms with Crippen LogP contribution in [0.1, 0.15) is 42.3 Å². The summed E-state index contributed by atoms with van der Waals surface area (Å²) < 4.78 is 0. The SMILES string of the molecule is CC(C)CN1C[C@@H](C(=O)N2CCc3sccc3[C@H]2c2ccccc2)CC1=O. The van der Waals surface area contributed by atoms with Gasteiger partial charge in [-0.05, 0) is 34.9 Å². The second-order valence-electron chi connectivity index (χ2n) is 7.99. The Balaban J connectivity index is 1.60. The number of likely N-dealkylation sites (tertiary alicyclic amines) is 1. The van der Waals surface area contributed by atoms with E-state index in [1.54, 1.807) is 11.3 Å². The number of hydrogen-bond acceptors (Lipinski definition) is 3. The van der Waals surface area contributed by atoms with Crippen molar-refractivity contribution >= 4 is 23.2 Å². The van der Waals surface area contributed by atoms with Crippen molar-refractivity contribution in [1.82, 2.24) is 9.80 Å². The summed E-state index contributed by atoms with van der Waals surface area (Å²) in [5.41, 5.74) is 2.39. The lowest BCUT2D eigenvalue weighted by atomic mass is 9.91. The summed E-state index contributed by atoms with van der Waals surface area (Å²) in [7, 11) is 0. The van der Waals surface area contributed by atoms with Gasteiger partial charge in [0, 0.05) is 30.9 Å². The maximum absolute atomic E-state index is 13.4. The van der Waals surface area contributed by atoms with Crippen LogP contribution in [0.15, 0.2) is 41.8 Å².